The van der Waals surface area contributed by atoms with Crippen LogP contribution in [0.3, 0.4) is 0 Å². The molecule has 1 N–H and O–H groups in total. The van der Waals surface area contributed by atoms with Crippen LogP contribution in [0.1, 0.15) is 0 Å². The van der Waals surface area contributed by atoms with Gasteiger partial charge in [-0.1, -0.05) is 0 Å². The Morgan fingerprint density at radius 2 is 2.00 bits per heavy atom. The lowest BCUT2D eigenvalue weighted by atomic mass is 10.6. The second-order valence-corrected chi connectivity index (χ2v) is 1.78. The topological polar surface area (TPSA) is 21.3 Å². The van der Waals surface area contributed by atoms with Crippen LogP contribution in [0.25, 0.3) is 0 Å². The van der Waals surface area contributed by atoms with Crippen LogP contribution in [-0.2, 0) is 4.74 Å². The third-order valence-electron chi connectivity index (χ3n) is 0.808. The highest BCUT2D eigenvalue weighted by molar-refractivity contribution is 4.54. The maximum Gasteiger partial charge on any atom is 0.401 e. The van der Waals surface area contributed by atoms with Crippen LogP contribution in [-0.4, -0.2) is 33.0 Å². The van der Waals surface area contributed by atoms with Gasteiger partial charge in [-0.2, -0.15) is 13.2 Å². The van der Waals surface area contributed by atoms with E-state index in [9.17, 15) is 13.2 Å². The third-order valence-corrected chi connectivity index (χ3v) is 0.808. The van der Waals surface area contributed by atoms with Crippen molar-refractivity contribution in [3.8, 4) is 0 Å². The maximum atomic E-state index is 11.4. The van der Waals surface area contributed by atoms with Crippen LogP contribution < -0.4 is 5.32 Å². The summed E-state index contributed by atoms with van der Waals surface area (Å²) in [6.45, 7) is -0.414. The average Bonchev–Trinajstić information content (AvgIpc) is 1.78. The molecule has 0 saturated carbocycles. The lowest BCUT2D eigenvalue weighted by molar-refractivity contribution is -0.125. The molecule has 0 atom stereocenters. The maximum absolute atomic E-state index is 11.4. The Kier molecular flexibility index (Phi) is 4.38. The van der Waals surface area contributed by atoms with Gasteiger partial charge in [-0.3, -0.25) is 0 Å². The van der Waals surface area contributed by atoms with Gasteiger partial charge in [0, 0.05) is 13.7 Å². The highest BCUT2D eigenvalue weighted by Crippen LogP contribution is 2.11. The van der Waals surface area contributed by atoms with Gasteiger partial charge in [0.25, 0.3) is 0 Å². The predicted molar refractivity (Wildman–Crippen MR) is 30.8 cm³/mol. The second kappa shape index (κ2) is 4.51. The van der Waals surface area contributed by atoms with Crippen molar-refractivity contribution < 1.29 is 17.9 Å². The minimum absolute atomic E-state index is 0.232. The molecule has 0 saturated heterocycles. The summed E-state index contributed by atoms with van der Waals surface area (Å²) >= 11 is 0. The van der Waals surface area contributed by atoms with E-state index < -0.39 is 12.7 Å². The first-order valence-electron chi connectivity index (χ1n) is 2.82. The van der Waals surface area contributed by atoms with Crippen molar-refractivity contribution >= 4 is 0 Å². The van der Waals surface area contributed by atoms with Gasteiger partial charge < -0.3 is 10.1 Å². The molecule has 10 heavy (non-hydrogen) atoms. The van der Waals surface area contributed by atoms with Crippen molar-refractivity contribution in [3.63, 3.8) is 0 Å². The van der Waals surface area contributed by atoms with E-state index >= 15 is 0 Å². The molecule has 0 bridgehead atoms. The van der Waals surface area contributed by atoms with Gasteiger partial charge in [-0.05, 0) is 0 Å². The summed E-state index contributed by atoms with van der Waals surface area (Å²) in [5, 5.41) is 2.18. The van der Waals surface area contributed by atoms with Gasteiger partial charge >= 0.3 is 6.18 Å². The Bertz CT molecular complexity index is 83.5. The smallest absolute Gasteiger partial charge is 0.383 e. The highest BCUT2D eigenvalue weighted by atomic mass is 19.4. The molecule has 5 heteroatoms. The zero-order valence-corrected chi connectivity index (χ0v) is 5.66. The molecule has 0 aliphatic carbocycles. The number of halogens is 3. The first-order valence-corrected chi connectivity index (χ1v) is 2.82. The van der Waals surface area contributed by atoms with E-state index in [1.807, 2.05) is 0 Å². The summed E-state index contributed by atoms with van der Waals surface area (Å²) in [7, 11) is 1.44. The summed E-state index contributed by atoms with van der Waals surface area (Å²) in [5.41, 5.74) is 0. The normalized spacial score (nSPS) is 12.0. The minimum atomic E-state index is -4.12. The molecule has 0 fully saturated rings. The molecule has 62 valence electrons. The Morgan fingerprint density at radius 1 is 1.40 bits per heavy atom. The van der Waals surface area contributed by atoms with Crippen molar-refractivity contribution in [2.75, 3.05) is 26.8 Å². The Balaban J connectivity index is 3.04. The van der Waals surface area contributed by atoms with E-state index in [0.29, 0.717) is 6.61 Å². The van der Waals surface area contributed by atoms with Crippen molar-refractivity contribution in [2.24, 2.45) is 0 Å². The van der Waals surface area contributed by atoms with Crippen LogP contribution in [0, 0.1) is 0 Å². The number of methoxy groups -OCH3 is 1. The Labute approximate surface area is 57.4 Å². The van der Waals surface area contributed by atoms with Crippen LogP contribution in [0.5, 0.6) is 0 Å². The largest absolute Gasteiger partial charge is 0.401 e. The number of rotatable bonds is 4. The first-order chi connectivity index (χ1) is 4.56. The fourth-order valence-electron chi connectivity index (χ4n) is 0.404. The first kappa shape index (κ1) is 9.71. The van der Waals surface area contributed by atoms with Crippen LogP contribution >= 0.6 is 0 Å². The molecular formula is C5H10F3NO. The van der Waals surface area contributed by atoms with Crippen molar-refractivity contribution in [3.05, 3.63) is 0 Å². The standard InChI is InChI=1S/C5H10F3NO/c1-10-3-2-9-4-5(6,7)8/h9H,2-4H2,1H3. The molecule has 0 amide bonds. The highest BCUT2D eigenvalue weighted by Gasteiger charge is 2.25. The summed E-state index contributed by atoms with van der Waals surface area (Å²) in [5.74, 6) is 0. The van der Waals surface area contributed by atoms with Gasteiger partial charge in [0.15, 0.2) is 0 Å². The average molecular weight is 157 g/mol. The van der Waals surface area contributed by atoms with Gasteiger partial charge in [0.2, 0.25) is 0 Å². The predicted octanol–water partition coefficient (Wildman–Crippen LogP) is 0.785. The van der Waals surface area contributed by atoms with E-state index in [2.05, 4.69) is 10.1 Å². The summed E-state index contributed by atoms with van der Waals surface area (Å²) in [4.78, 5) is 0. The van der Waals surface area contributed by atoms with Gasteiger partial charge in [-0.15, -0.1) is 0 Å². The summed E-state index contributed by atoms with van der Waals surface area (Å²) in [6, 6.07) is 0. The fraction of sp³-hybridized carbons (Fsp3) is 1.00. The van der Waals surface area contributed by atoms with Gasteiger partial charge in [-0.25, -0.2) is 0 Å². The van der Waals surface area contributed by atoms with E-state index in [-0.39, 0.29) is 6.54 Å². The number of alkyl halides is 3. The molecule has 0 aliphatic rings. The molecule has 0 aromatic heterocycles. The molecule has 0 unspecified atom stereocenters. The second-order valence-electron chi connectivity index (χ2n) is 1.78. The van der Waals surface area contributed by atoms with Crippen molar-refractivity contribution in [2.45, 2.75) is 6.18 Å². The number of hydrogen-bond donors (Lipinski definition) is 1. The molecule has 0 radical (unpaired) electrons. The Morgan fingerprint density at radius 3 is 2.40 bits per heavy atom. The van der Waals surface area contributed by atoms with E-state index in [1.165, 1.54) is 7.11 Å². The zero-order valence-electron chi connectivity index (χ0n) is 5.66. The van der Waals surface area contributed by atoms with Crippen LogP contribution in [0.2, 0.25) is 0 Å². The third kappa shape index (κ3) is 7.71. The van der Waals surface area contributed by atoms with E-state index in [4.69, 9.17) is 0 Å². The number of nitrogens with one attached hydrogen (secondary N) is 1. The lowest BCUT2D eigenvalue weighted by Gasteiger charge is -2.06. The number of ether oxygens (including phenoxy) is 1. The van der Waals surface area contributed by atoms with E-state index in [1.54, 1.807) is 0 Å². The number of hydrogen-bond acceptors (Lipinski definition) is 2. The molecule has 0 aromatic carbocycles. The Hall–Kier alpha value is -0.290. The molecule has 0 aromatic rings. The zero-order chi connectivity index (χ0) is 8.04. The molecule has 0 heterocycles. The molecular weight excluding hydrogens is 147 g/mol. The van der Waals surface area contributed by atoms with Gasteiger partial charge in [0.05, 0.1) is 13.2 Å². The van der Waals surface area contributed by atoms with E-state index in [0.717, 1.165) is 0 Å². The summed E-state index contributed by atoms with van der Waals surface area (Å²) < 4.78 is 38.7. The van der Waals surface area contributed by atoms with Gasteiger partial charge in [0.1, 0.15) is 0 Å². The minimum Gasteiger partial charge on any atom is -0.383 e. The van der Waals surface area contributed by atoms with Crippen molar-refractivity contribution in [1.82, 2.24) is 5.32 Å². The van der Waals surface area contributed by atoms with Crippen LogP contribution in [0.15, 0.2) is 0 Å². The lowest BCUT2D eigenvalue weighted by Crippen LogP contribution is -2.30. The van der Waals surface area contributed by atoms with Crippen molar-refractivity contribution in [1.29, 1.82) is 0 Å². The molecule has 0 aliphatic heterocycles. The molecule has 0 spiro atoms. The quantitative estimate of drug-likeness (QED) is 0.609. The molecule has 2 nitrogen and oxygen atoms in total. The monoisotopic (exact) mass is 157 g/mol. The van der Waals surface area contributed by atoms with Crippen LogP contribution in [0.4, 0.5) is 13.2 Å². The fourth-order valence-corrected chi connectivity index (χ4v) is 0.404. The molecule has 0 rings (SSSR count). The summed E-state index contributed by atoms with van der Waals surface area (Å²) in [6.07, 6.45) is -4.12. The SMILES string of the molecule is COCCNCC(F)(F)F.